The first-order valence-corrected chi connectivity index (χ1v) is 6.06. The first-order valence-electron chi connectivity index (χ1n) is 6.06. The molecule has 0 aromatic heterocycles. The summed E-state index contributed by atoms with van der Waals surface area (Å²) in [6.45, 7) is 1.04. The molecular weight excluding hydrogens is 250 g/mol. The van der Waals surface area contributed by atoms with Crippen molar-refractivity contribution in [1.82, 2.24) is 5.32 Å². The minimum Gasteiger partial charge on any atom is -0.469 e. The summed E-state index contributed by atoms with van der Waals surface area (Å²) < 4.78 is 15.0. The standard InChI is InChI=1S/C13H17NO5/c1-17-13(16)4-5-14-7-10(15)9-2-3-11-12(6-9)19-8-18-11/h2-3,6,10,14-15H,4-5,7-8H2,1H3. The number of ether oxygens (including phenoxy) is 3. The highest BCUT2D eigenvalue weighted by Crippen LogP contribution is 2.33. The van der Waals surface area contributed by atoms with Gasteiger partial charge in [-0.05, 0) is 17.7 Å². The second-order valence-corrected chi connectivity index (χ2v) is 4.16. The van der Waals surface area contributed by atoms with Gasteiger partial charge < -0.3 is 24.6 Å². The van der Waals surface area contributed by atoms with E-state index in [1.54, 1.807) is 18.2 Å². The van der Waals surface area contributed by atoms with Crippen molar-refractivity contribution in [3.05, 3.63) is 23.8 Å². The normalized spacial score (nSPS) is 14.2. The second-order valence-electron chi connectivity index (χ2n) is 4.16. The first-order chi connectivity index (χ1) is 9.20. The largest absolute Gasteiger partial charge is 0.469 e. The van der Waals surface area contributed by atoms with Gasteiger partial charge >= 0.3 is 5.97 Å². The molecule has 1 aliphatic heterocycles. The molecule has 2 N–H and O–H groups in total. The number of nitrogens with one attached hydrogen (secondary N) is 1. The first kappa shape index (κ1) is 13.6. The van der Waals surface area contributed by atoms with Crippen LogP contribution >= 0.6 is 0 Å². The predicted molar refractivity (Wildman–Crippen MR) is 67.0 cm³/mol. The fraction of sp³-hybridized carbons (Fsp3) is 0.462. The van der Waals surface area contributed by atoms with E-state index < -0.39 is 6.10 Å². The molecule has 0 spiro atoms. The van der Waals surface area contributed by atoms with E-state index in [1.165, 1.54) is 7.11 Å². The van der Waals surface area contributed by atoms with Gasteiger partial charge in [-0.1, -0.05) is 6.07 Å². The summed E-state index contributed by atoms with van der Waals surface area (Å²) in [5.74, 6) is 1.06. The highest BCUT2D eigenvalue weighted by Gasteiger charge is 2.16. The van der Waals surface area contributed by atoms with Gasteiger partial charge in [-0.15, -0.1) is 0 Å². The summed E-state index contributed by atoms with van der Waals surface area (Å²) in [6.07, 6.45) is -0.378. The minimum absolute atomic E-state index is 0.215. The number of esters is 1. The Morgan fingerprint density at radius 3 is 3.05 bits per heavy atom. The highest BCUT2D eigenvalue weighted by molar-refractivity contribution is 5.69. The number of benzene rings is 1. The lowest BCUT2D eigenvalue weighted by molar-refractivity contribution is -0.140. The van der Waals surface area contributed by atoms with Crippen LogP contribution in [-0.4, -0.2) is 38.1 Å². The summed E-state index contributed by atoms with van der Waals surface area (Å²) in [5.41, 5.74) is 0.745. The van der Waals surface area contributed by atoms with Crippen molar-refractivity contribution < 1.29 is 24.1 Å². The van der Waals surface area contributed by atoms with E-state index in [0.29, 0.717) is 24.6 Å². The zero-order valence-electron chi connectivity index (χ0n) is 10.7. The number of aliphatic hydroxyl groups excluding tert-OH is 1. The summed E-state index contributed by atoms with van der Waals surface area (Å²) >= 11 is 0. The van der Waals surface area contributed by atoms with E-state index in [1.807, 2.05) is 0 Å². The predicted octanol–water partition coefficient (Wildman–Crippen LogP) is 0.601. The summed E-state index contributed by atoms with van der Waals surface area (Å²) in [6, 6.07) is 5.32. The van der Waals surface area contributed by atoms with Gasteiger partial charge in [-0.2, -0.15) is 0 Å². The molecule has 0 radical (unpaired) electrons. The van der Waals surface area contributed by atoms with E-state index in [9.17, 15) is 9.90 Å². The van der Waals surface area contributed by atoms with Crippen LogP contribution in [0.15, 0.2) is 18.2 Å². The van der Waals surface area contributed by atoms with Gasteiger partial charge in [0.1, 0.15) is 0 Å². The summed E-state index contributed by atoms with van der Waals surface area (Å²) in [4.78, 5) is 10.9. The molecule has 1 heterocycles. The van der Waals surface area contributed by atoms with Crippen LogP contribution in [0.2, 0.25) is 0 Å². The van der Waals surface area contributed by atoms with Crippen LogP contribution in [0.3, 0.4) is 0 Å². The number of carbonyl (C=O) groups excluding carboxylic acids is 1. The molecular formula is C13H17NO5. The van der Waals surface area contributed by atoms with Crippen LogP contribution in [0.4, 0.5) is 0 Å². The molecule has 6 heteroatoms. The van der Waals surface area contributed by atoms with Crippen molar-refractivity contribution in [1.29, 1.82) is 0 Å². The number of fused-ring (bicyclic) bond motifs is 1. The molecule has 0 saturated heterocycles. The third-order valence-corrected chi connectivity index (χ3v) is 2.85. The van der Waals surface area contributed by atoms with Gasteiger partial charge in [0.25, 0.3) is 0 Å². The van der Waals surface area contributed by atoms with Crippen molar-refractivity contribution >= 4 is 5.97 Å². The molecule has 1 aliphatic rings. The number of hydrogen-bond acceptors (Lipinski definition) is 6. The highest BCUT2D eigenvalue weighted by atomic mass is 16.7. The molecule has 0 aliphatic carbocycles. The topological polar surface area (TPSA) is 77.0 Å². The Bertz CT molecular complexity index is 449. The third-order valence-electron chi connectivity index (χ3n) is 2.85. The lowest BCUT2D eigenvalue weighted by atomic mass is 10.1. The Hall–Kier alpha value is -1.79. The summed E-state index contributed by atoms with van der Waals surface area (Å²) in [5, 5.41) is 13.0. The van der Waals surface area contributed by atoms with Crippen molar-refractivity contribution in [3.63, 3.8) is 0 Å². The Kier molecular flexibility index (Phi) is 4.59. The Labute approximate surface area is 111 Å². The molecule has 0 amide bonds. The molecule has 1 atom stereocenters. The number of aliphatic hydroxyl groups is 1. The van der Waals surface area contributed by atoms with Crippen LogP contribution in [0.25, 0.3) is 0 Å². The smallest absolute Gasteiger partial charge is 0.306 e. The maximum atomic E-state index is 10.9. The van der Waals surface area contributed by atoms with Crippen LogP contribution in [0, 0.1) is 0 Å². The molecule has 19 heavy (non-hydrogen) atoms. The van der Waals surface area contributed by atoms with E-state index in [-0.39, 0.29) is 19.2 Å². The molecule has 0 bridgehead atoms. The number of hydrogen-bond donors (Lipinski definition) is 2. The van der Waals surface area contributed by atoms with Crippen molar-refractivity contribution in [3.8, 4) is 11.5 Å². The lowest BCUT2D eigenvalue weighted by Crippen LogP contribution is -2.24. The van der Waals surface area contributed by atoms with E-state index in [0.717, 1.165) is 5.56 Å². The van der Waals surface area contributed by atoms with Crippen molar-refractivity contribution in [2.24, 2.45) is 0 Å². The van der Waals surface area contributed by atoms with Gasteiger partial charge in [-0.3, -0.25) is 4.79 Å². The van der Waals surface area contributed by atoms with Gasteiger partial charge in [0.05, 0.1) is 19.6 Å². The molecule has 6 nitrogen and oxygen atoms in total. The van der Waals surface area contributed by atoms with Gasteiger partial charge in [-0.25, -0.2) is 0 Å². The average molecular weight is 267 g/mol. The van der Waals surface area contributed by atoms with E-state index in [4.69, 9.17) is 9.47 Å². The number of rotatable bonds is 6. The number of methoxy groups -OCH3 is 1. The van der Waals surface area contributed by atoms with Crippen LogP contribution in [0.5, 0.6) is 11.5 Å². The molecule has 0 fully saturated rings. The Balaban J connectivity index is 1.80. The van der Waals surface area contributed by atoms with E-state index >= 15 is 0 Å². The fourth-order valence-electron chi connectivity index (χ4n) is 1.77. The lowest BCUT2D eigenvalue weighted by Gasteiger charge is -2.12. The van der Waals surface area contributed by atoms with Crippen molar-refractivity contribution in [2.75, 3.05) is 27.0 Å². The maximum absolute atomic E-state index is 10.9. The molecule has 0 saturated carbocycles. The molecule has 1 unspecified atom stereocenters. The molecule has 2 rings (SSSR count). The number of carbonyl (C=O) groups is 1. The summed E-state index contributed by atoms with van der Waals surface area (Å²) in [7, 11) is 1.35. The van der Waals surface area contributed by atoms with Crippen molar-refractivity contribution in [2.45, 2.75) is 12.5 Å². The third kappa shape index (κ3) is 3.59. The van der Waals surface area contributed by atoms with Crippen LogP contribution in [-0.2, 0) is 9.53 Å². The molecule has 104 valence electrons. The van der Waals surface area contributed by atoms with Gasteiger partial charge in [0.2, 0.25) is 6.79 Å². The SMILES string of the molecule is COC(=O)CCNCC(O)c1ccc2c(c1)OCO2. The van der Waals surface area contributed by atoms with Crippen LogP contribution < -0.4 is 14.8 Å². The van der Waals surface area contributed by atoms with Gasteiger partial charge in [0.15, 0.2) is 11.5 Å². The van der Waals surface area contributed by atoms with Crippen LogP contribution in [0.1, 0.15) is 18.1 Å². The Morgan fingerprint density at radius 2 is 2.26 bits per heavy atom. The Morgan fingerprint density at radius 1 is 1.47 bits per heavy atom. The fourth-order valence-corrected chi connectivity index (χ4v) is 1.77. The van der Waals surface area contributed by atoms with E-state index in [2.05, 4.69) is 10.1 Å². The van der Waals surface area contributed by atoms with Gasteiger partial charge in [0, 0.05) is 13.1 Å². The zero-order valence-corrected chi connectivity index (χ0v) is 10.7. The average Bonchev–Trinajstić information content (AvgIpc) is 2.90. The zero-order chi connectivity index (χ0) is 13.7. The maximum Gasteiger partial charge on any atom is 0.306 e. The monoisotopic (exact) mass is 267 g/mol. The molecule has 1 aromatic rings. The quantitative estimate of drug-likeness (QED) is 0.580. The minimum atomic E-state index is -0.660. The second kappa shape index (κ2) is 6.40. The molecule has 1 aromatic carbocycles.